The molecule has 0 spiro atoms. The number of halogens is 1. The first-order chi connectivity index (χ1) is 4.86. The SMILES string of the molecule is COc1ccc(NF)cc1.[Fe]. The van der Waals surface area contributed by atoms with E-state index in [1.807, 2.05) is 0 Å². The van der Waals surface area contributed by atoms with Crippen LogP contribution in [-0.4, -0.2) is 7.11 Å². The van der Waals surface area contributed by atoms with Crippen LogP contribution in [0.25, 0.3) is 0 Å². The number of hydrogen-bond donors (Lipinski definition) is 1. The van der Waals surface area contributed by atoms with E-state index >= 15 is 0 Å². The zero-order chi connectivity index (χ0) is 7.40. The standard InChI is InChI=1S/C7H8FNO.Fe/c1-10-7-4-2-6(9-8)3-5-7;/h2-5,9H,1H3;. The van der Waals surface area contributed by atoms with Gasteiger partial charge in [0.25, 0.3) is 0 Å². The summed E-state index contributed by atoms with van der Waals surface area (Å²) >= 11 is 0. The first-order valence-corrected chi connectivity index (χ1v) is 2.87. The monoisotopic (exact) mass is 197 g/mol. The summed E-state index contributed by atoms with van der Waals surface area (Å²) in [5, 5.41) is 0. The molecule has 0 radical (unpaired) electrons. The Kier molecular flexibility index (Phi) is 4.66. The predicted molar refractivity (Wildman–Crippen MR) is 37.7 cm³/mol. The molecule has 0 aromatic heterocycles. The molecule has 0 fully saturated rings. The fraction of sp³-hybridized carbons (Fsp3) is 0.143. The molecule has 0 aliphatic rings. The Morgan fingerprint density at radius 3 is 2.18 bits per heavy atom. The van der Waals surface area contributed by atoms with Gasteiger partial charge in [-0.05, 0) is 24.3 Å². The van der Waals surface area contributed by atoms with Gasteiger partial charge in [-0.3, -0.25) is 0 Å². The summed E-state index contributed by atoms with van der Waals surface area (Å²) in [5.41, 5.74) is 1.95. The Balaban J connectivity index is 0.000001000. The van der Waals surface area contributed by atoms with Crippen LogP contribution in [0.1, 0.15) is 0 Å². The van der Waals surface area contributed by atoms with Gasteiger partial charge in [0, 0.05) is 17.1 Å². The molecule has 1 N–H and O–H groups in total. The Labute approximate surface area is 75.2 Å². The number of benzene rings is 1. The molecule has 11 heavy (non-hydrogen) atoms. The average Bonchev–Trinajstić information content (AvgIpc) is 2.05. The van der Waals surface area contributed by atoms with Crippen LogP contribution in [-0.2, 0) is 17.1 Å². The number of hydrogen-bond acceptors (Lipinski definition) is 2. The molecule has 1 rings (SSSR count). The van der Waals surface area contributed by atoms with E-state index in [1.54, 1.807) is 31.4 Å². The average molecular weight is 197 g/mol. The second-order valence-electron chi connectivity index (χ2n) is 1.82. The normalized spacial score (nSPS) is 8.18. The van der Waals surface area contributed by atoms with Crippen LogP contribution in [0.4, 0.5) is 10.2 Å². The van der Waals surface area contributed by atoms with Crippen LogP contribution >= 0.6 is 0 Å². The van der Waals surface area contributed by atoms with E-state index in [-0.39, 0.29) is 17.1 Å². The zero-order valence-electron chi connectivity index (χ0n) is 5.95. The van der Waals surface area contributed by atoms with Gasteiger partial charge in [0.1, 0.15) is 5.75 Å². The van der Waals surface area contributed by atoms with Gasteiger partial charge in [-0.1, -0.05) is 0 Å². The van der Waals surface area contributed by atoms with E-state index < -0.39 is 0 Å². The molecule has 0 heterocycles. The third-order valence-corrected chi connectivity index (χ3v) is 1.20. The molecular weight excluding hydrogens is 189 g/mol. The molecule has 0 amide bonds. The van der Waals surface area contributed by atoms with Gasteiger partial charge in [0.2, 0.25) is 0 Å². The summed E-state index contributed by atoms with van der Waals surface area (Å²) in [7, 11) is 1.57. The first-order valence-electron chi connectivity index (χ1n) is 2.87. The molecule has 0 bridgehead atoms. The Hall–Kier alpha value is -0.731. The second-order valence-corrected chi connectivity index (χ2v) is 1.82. The number of nitrogens with one attached hydrogen (secondary N) is 1. The number of anilines is 1. The molecule has 2 nitrogen and oxygen atoms in total. The Morgan fingerprint density at radius 1 is 1.27 bits per heavy atom. The summed E-state index contributed by atoms with van der Waals surface area (Å²) in [6, 6.07) is 6.56. The van der Waals surface area contributed by atoms with Crippen molar-refractivity contribution < 1.29 is 26.3 Å². The van der Waals surface area contributed by atoms with Gasteiger partial charge in [-0.2, -0.15) is 0 Å². The van der Waals surface area contributed by atoms with Crippen molar-refractivity contribution in [1.82, 2.24) is 0 Å². The van der Waals surface area contributed by atoms with E-state index in [0.717, 1.165) is 5.75 Å². The van der Waals surface area contributed by atoms with Crippen LogP contribution < -0.4 is 10.3 Å². The number of rotatable bonds is 2. The number of methoxy groups -OCH3 is 1. The fourth-order valence-electron chi connectivity index (χ4n) is 0.654. The molecule has 1 aromatic rings. The molecule has 0 unspecified atom stereocenters. The van der Waals surface area contributed by atoms with Crippen molar-refractivity contribution >= 4 is 5.69 Å². The smallest absolute Gasteiger partial charge is 0.119 e. The van der Waals surface area contributed by atoms with E-state index in [0.29, 0.717) is 5.69 Å². The van der Waals surface area contributed by atoms with E-state index in [9.17, 15) is 4.48 Å². The maximum Gasteiger partial charge on any atom is 0.119 e. The molecular formula is C7H8FFeNO. The van der Waals surface area contributed by atoms with Crippen LogP contribution in [0.5, 0.6) is 5.75 Å². The predicted octanol–water partition coefficient (Wildman–Crippen LogP) is 1.99. The van der Waals surface area contributed by atoms with E-state index in [4.69, 9.17) is 4.74 Å². The van der Waals surface area contributed by atoms with Crippen molar-refractivity contribution in [3.63, 3.8) is 0 Å². The van der Waals surface area contributed by atoms with Gasteiger partial charge in [0.05, 0.1) is 12.8 Å². The van der Waals surface area contributed by atoms with Crippen molar-refractivity contribution in [2.75, 3.05) is 12.6 Å². The molecule has 1 aromatic carbocycles. The molecule has 0 saturated heterocycles. The Bertz CT molecular complexity index is 179. The van der Waals surface area contributed by atoms with E-state index in [1.165, 1.54) is 5.54 Å². The third kappa shape index (κ3) is 2.78. The molecule has 0 aliphatic heterocycles. The first kappa shape index (κ1) is 10.3. The van der Waals surface area contributed by atoms with Gasteiger partial charge in [-0.25, -0.2) is 5.54 Å². The minimum absolute atomic E-state index is 0. The van der Waals surface area contributed by atoms with Gasteiger partial charge in [0.15, 0.2) is 0 Å². The van der Waals surface area contributed by atoms with Crippen molar-refractivity contribution in [2.45, 2.75) is 0 Å². The van der Waals surface area contributed by atoms with Crippen molar-refractivity contribution in [3.8, 4) is 5.75 Å². The maximum atomic E-state index is 11.7. The summed E-state index contributed by atoms with van der Waals surface area (Å²) in [5.74, 6) is 0.721. The van der Waals surface area contributed by atoms with Crippen LogP contribution in [0.2, 0.25) is 0 Å². The summed E-state index contributed by atoms with van der Waals surface area (Å²) in [6.07, 6.45) is 0. The van der Waals surface area contributed by atoms with Crippen LogP contribution in [0.15, 0.2) is 24.3 Å². The summed E-state index contributed by atoms with van der Waals surface area (Å²) in [6.45, 7) is 0. The maximum absolute atomic E-state index is 11.7. The molecule has 4 heteroatoms. The molecule has 62 valence electrons. The van der Waals surface area contributed by atoms with Crippen molar-refractivity contribution in [2.24, 2.45) is 0 Å². The molecule has 0 aliphatic carbocycles. The van der Waals surface area contributed by atoms with E-state index in [2.05, 4.69) is 0 Å². The minimum atomic E-state index is 0. The van der Waals surface area contributed by atoms with Crippen molar-refractivity contribution in [1.29, 1.82) is 0 Å². The summed E-state index contributed by atoms with van der Waals surface area (Å²) in [4.78, 5) is 0. The molecule has 0 atom stereocenters. The largest absolute Gasteiger partial charge is 0.497 e. The summed E-state index contributed by atoms with van der Waals surface area (Å²) < 4.78 is 16.5. The fourth-order valence-corrected chi connectivity index (χ4v) is 0.654. The van der Waals surface area contributed by atoms with Crippen LogP contribution in [0, 0.1) is 0 Å². The topological polar surface area (TPSA) is 21.3 Å². The third-order valence-electron chi connectivity index (χ3n) is 1.20. The van der Waals surface area contributed by atoms with Crippen LogP contribution in [0.3, 0.4) is 0 Å². The Morgan fingerprint density at radius 2 is 1.82 bits per heavy atom. The zero-order valence-corrected chi connectivity index (χ0v) is 7.05. The van der Waals surface area contributed by atoms with Gasteiger partial charge in [-0.15, -0.1) is 4.48 Å². The van der Waals surface area contributed by atoms with Gasteiger partial charge < -0.3 is 4.74 Å². The van der Waals surface area contributed by atoms with Crippen molar-refractivity contribution in [3.05, 3.63) is 24.3 Å². The van der Waals surface area contributed by atoms with Gasteiger partial charge >= 0.3 is 0 Å². The number of ether oxygens (including phenoxy) is 1. The second kappa shape index (κ2) is 4.99. The quantitative estimate of drug-likeness (QED) is 0.578. The molecule has 0 saturated carbocycles. The minimum Gasteiger partial charge on any atom is -0.497 e.